The molecule has 1 aromatic heterocycles. The summed E-state index contributed by atoms with van der Waals surface area (Å²) in [6.07, 6.45) is 0. The van der Waals surface area contributed by atoms with Crippen LogP contribution in [0.1, 0.15) is 15.9 Å². The van der Waals surface area contributed by atoms with E-state index < -0.39 is 11.8 Å². The van der Waals surface area contributed by atoms with E-state index >= 15 is 0 Å². The lowest BCUT2D eigenvalue weighted by atomic mass is 10.1. The Labute approximate surface area is 118 Å². The highest BCUT2D eigenvalue weighted by Gasteiger charge is 2.15. The van der Waals surface area contributed by atoms with Crippen molar-refractivity contribution >= 4 is 17.0 Å². The predicted molar refractivity (Wildman–Crippen MR) is 73.2 cm³/mol. The summed E-state index contributed by atoms with van der Waals surface area (Å²) in [6, 6.07) is 10.8. The third-order valence-electron chi connectivity index (χ3n) is 3.05. The quantitative estimate of drug-likeness (QED) is 0.755. The summed E-state index contributed by atoms with van der Waals surface area (Å²) in [7, 11) is 0. The minimum Gasteiger partial charge on any atom is -0.478 e. The Hall–Kier alpha value is -3.20. The molecule has 5 nitrogen and oxygen atoms in total. The maximum Gasteiger partial charge on any atom is 0.338 e. The molecule has 21 heavy (non-hydrogen) atoms. The van der Waals surface area contributed by atoms with Crippen molar-refractivity contribution in [3.8, 4) is 17.5 Å². The number of aromatic nitrogens is 2. The molecule has 0 radical (unpaired) electrons. The van der Waals surface area contributed by atoms with Gasteiger partial charge in [-0.25, -0.2) is 14.2 Å². The summed E-state index contributed by atoms with van der Waals surface area (Å²) in [6.45, 7) is 0. The van der Waals surface area contributed by atoms with Crippen LogP contribution in [-0.4, -0.2) is 21.0 Å². The number of fused-ring (bicyclic) bond motifs is 1. The Balaban J connectivity index is 2.24. The summed E-state index contributed by atoms with van der Waals surface area (Å²) in [4.78, 5) is 18.2. The standard InChI is InChI=1S/C15H8FN3O2/c16-10-5-11(15(20)21)13-12(6-10)18-14(19-13)9-3-1-2-8(4-9)7-17/h1-6H,(H,18,19)(H,20,21). The number of hydrogen-bond acceptors (Lipinski definition) is 3. The molecule has 6 heteroatoms. The molecule has 2 aromatic carbocycles. The Morgan fingerprint density at radius 2 is 2.14 bits per heavy atom. The van der Waals surface area contributed by atoms with Gasteiger partial charge in [-0.2, -0.15) is 5.26 Å². The van der Waals surface area contributed by atoms with E-state index in [-0.39, 0.29) is 11.1 Å². The van der Waals surface area contributed by atoms with Crippen LogP contribution in [0.2, 0.25) is 0 Å². The van der Waals surface area contributed by atoms with Gasteiger partial charge in [-0.05, 0) is 24.3 Å². The van der Waals surface area contributed by atoms with E-state index in [9.17, 15) is 9.18 Å². The van der Waals surface area contributed by atoms with Gasteiger partial charge in [-0.15, -0.1) is 0 Å². The van der Waals surface area contributed by atoms with Gasteiger partial charge in [-0.3, -0.25) is 0 Å². The van der Waals surface area contributed by atoms with Crippen LogP contribution >= 0.6 is 0 Å². The molecular formula is C15H8FN3O2. The van der Waals surface area contributed by atoms with Crippen molar-refractivity contribution in [1.82, 2.24) is 9.97 Å². The summed E-state index contributed by atoms with van der Waals surface area (Å²) in [5, 5.41) is 18.0. The molecule has 0 aliphatic heterocycles. The largest absolute Gasteiger partial charge is 0.478 e. The summed E-state index contributed by atoms with van der Waals surface area (Å²) < 4.78 is 13.4. The Kier molecular flexibility index (Phi) is 2.88. The van der Waals surface area contributed by atoms with Crippen LogP contribution in [-0.2, 0) is 0 Å². The summed E-state index contributed by atoms with van der Waals surface area (Å²) in [5.74, 6) is -1.51. The number of halogens is 1. The highest BCUT2D eigenvalue weighted by Crippen LogP contribution is 2.24. The van der Waals surface area contributed by atoms with Gasteiger partial charge in [0.15, 0.2) is 0 Å². The van der Waals surface area contributed by atoms with E-state index in [2.05, 4.69) is 9.97 Å². The van der Waals surface area contributed by atoms with Gasteiger partial charge in [0.05, 0.1) is 22.7 Å². The summed E-state index contributed by atoms with van der Waals surface area (Å²) in [5.41, 5.74) is 1.36. The number of aromatic amines is 1. The van der Waals surface area contributed by atoms with Gasteiger partial charge in [0.25, 0.3) is 0 Å². The normalized spacial score (nSPS) is 10.5. The number of carboxylic acid groups (broad SMARTS) is 1. The molecule has 102 valence electrons. The van der Waals surface area contributed by atoms with E-state index in [1.54, 1.807) is 24.3 Å². The van der Waals surface area contributed by atoms with E-state index in [0.717, 1.165) is 6.07 Å². The third kappa shape index (κ3) is 2.21. The van der Waals surface area contributed by atoms with Crippen LogP contribution in [0.5, 0.6) is 0 Å². The fraction of sp³-hybridized carbons (Fsp3) is 0. The highest BCUT2D eigenvalue weighted by atomic mass is 19.1. The average Bonchev–Trinajstić information content (AvgIpc) is 2.90. The number of benzene rings is 2. The molecule has 3 aromatic rings. The number of nitrogens with one attached hydrogen (secondary N) is 1. The fourth-order valence-electron chi connectivity index (χ4n) is 2.12. The molecule has 0 fully saturated rings. The zero-order valence-electron chi connectivity index (χ0n) is 10.6. The van der Waals surface area contributed by atoms with Gasteiger partial charge >= 0.3 is 5.97 Å². The van der Waals surface area contributed by atoms with Crippen molar-refractivity contribution in [2.75, 3.05) is 0 Å². The number of imidazole rings is 1. The first-order valence-electron chi connectivity index (χ1n) is 6.01. The molecule has 0 aliphatic rings. The van der Waals surface area contributed by atoms with E-state index in [4.69, 9.17) is 10.4 Å². The first kappa shape index (κ1) is 12.8. The molecule has 1 heterocycles. The van der Waals surface area contributed by atoms with Crippen LogP contribution < -0.4 is 0 Å². The SMILES string of the molecule is N#Cc1cccc(-c2nc3c(C(=O)O)cc(F)cc3[nH]2)c1. The number of H-pyrrole nitrogens is 1. The van der Waals surface area contributed by atoms with E-state index in [0.29, 0.717) is 22.5 Å². The maximum atomic E-state index is 13.4. The number of nitrogens with zero attached hydrogens (tertiary/aromatic N) is 2. The number of rotatable bonds is 2. The van der Waals surface area contributed by atoms with Crippen LogP contribution in [0.15, 0.2) is 36.4 Å². The number of carboxylic acids is 1. The minimum absolute atomic E-state index is 0.182. The van der Waals surface area contributed by atoms with Gasteiger partial charge in [-0.1, -0.05) is 12.1 Å². The second kappa shape index (κ2) is 4.72. The molecule has 0 unspecified atom stereocenters. The highest BCUT2D eigenvalue weighted by molar-refractivity contribution is 6.01. The number of aromatic carboxylic acids is 1. The average molecular weight is 281 g/mol. The molecule has 0 spiro atoms. The maximum absolute atomic E-state index is 13.4. The molecule has 0 bridgehead atoms. The van der Waals surface area contributed by atoms with Crippen LogP contribution in [0.3, 0.4) is 0 Å². The lowest BCUT2D eigenvalue weighted by molar-refractivity contribution is 0.0698. The molecule has 0 aliphatic carbocycles. The Bertz CT molecular complexity index is 909. The smallest absolute Gasteiger partial charge is 0.338 e. The van der Waals surface area contributed by atoms with Gasteiger partial charge < -0.3 is 10.1 Å². The lowest BCUT2D eigenvalue weighted by Crippen LogP contribution is -1.98. The van der Waals surface area contributed by atoms with E-state index in [1.165, 1.54) is 6.07 Å². The Morgan fingerprint density at radius 3 is 2.86 bits per heavy atom. The summed E-state index contributed by atoms with van der Waals surface area (Å²) >= 11 is 0. The third-order valence-corrected chi connectivity index (χ3v) is 3.05. The van der Waals surface area contributed by atoms with Crippen molar-refractivity contribution in [1.29, 1.82) is 5.26 Å². The van der Waals surface area contributed by atoms with Crippen LogP contribution in [0, 0.1) is 17.1 Å². The van der Waals surface area contributed by atoms with Gasteiger partial charge in [0.2, 0.25) is 0 Å². The zero-order valence-corrected chi connectivity index (χ0v) is 10.6. The zero-order chi connectivity index (χ0) is 15.0. The van der Waals surface area contributed by atoms with Crippen molar-refractivity contribution in [2.45, 2.75) is 0 Å². The molecule has 0 amide bonds. The molecule has 0 atom stereocenters. The topological polar surface area (TPSA) is 89.8 Å². The van der Waals surface area contributed by atoms with Crippen molar-refractivity contribution in [3.63, 3.8) is 0 Å². The van der Waals surface area contributed by atoms with Crippen molar-refractivity contribution < 1.29 is 14.3 Å². The minimum atomic E-state index is -1.25. The van der Waals surface area contributed by atoms with Crippen LogP contribution in [0.4, 0.5) is 4.39 Å². The lowest BCUT2D eigenvalue weighted by Gasteiger charge is -1.96. The fourth-order valence-corrected chi connectivity index (χ4v) is 2.12. The molecule has 2 N–H and O–H groups in total. The molecule has 0 saturated carbocycles. The number of nitriles is 1. The van der Waals surface area contributed by atoms with Gasteiger partial charge in [0.1, 0.15) is 17.2 Å². The molecule has 0 saturated heterocycles. The Morgan fingerprint density at radius 1 is 1.33 bits per heavy atom. The van der Waals surface area contributed by atoms with Crippen LogP contribution in [0.25, 0.3) is 22.4 Å². The molecular weight excluding hydrogens is 273 g/mol. The first-order chi connectivity index (χ1) is 10.1. The number of hydrogen-bond donors (Lipinski definition) is 2. The second-order valence-electron chi connectivity index (χ2n) is 4.43. The predicted octanol–water partition coefficient (Wildman–Crippen LogP) is 2.94. The van der Waals surface area contributed by atoms with Crippen molar-refractivity contribution in [3.05, 3.63) is 53.3 Å². The van der Waals surface area contributed by atoms with Gasteiger partial charge in [0, 0.05) is 5.56 Å². The first-order valence-corrected chi connectivity index (χ1v) is 6.01. The van der Waals surface area contributed by atoms with E-state index in [1.807, 2.05) is 6.07 Å². The number of carbonyl (C=O) groups is 1. The monoisotopic (exact) mass is 281 g/mol. The van der Waals surface area contributed by atoms with Crippen molar-refractivity contribution in [2.24, 2.45) is 0 Å². The molecule has 3 rings (SSSR count). The second-order valence-corrected chi connectivity index (χ2v) is 4.43.